The first-order valence-corrected chi connectivity index (χ1v) is 10.2. The first kappa shape index (κ1) is 18.6. The van der Waals surface area contributed by atoms with Gasteiger partial charge >= 0.3 is 0 Å². The number of amides is 1. The van der Waals surface area contributed by atoms with Crippen LogP contribution >= 0.6 is 0 Å². The van der Waals surface area contributed by atoms with Gasteiger partial charge in [0.2, 0.25) is 5.91 Å². The lowest BCUT2D eigenvalue weighted by molar-refractivity contribution is -0.122. The largest absolute Gasteiger partial charge is 0.379 e. The van der Waals surface area contributed by atoms with Crippen LogP contribution < -0.4 is 5.32 Å². The van der Waals surface area contributed by atoms with E-state index in [0.29, 0.717) is 31.6 Å². The van der Waals surface area contributed by atoms with Gasteiger partial charge in [-0.15, -0.1) is 0 Å². The summed E-state index contributed by atoms with van der Waals surface area (Å²) in [4.78, 5) is 16.4. The highest BCUT2D eigenvalue weighted by atomic mass is 32.2. The highest BCUT2D eigenvalue weighted by molar-refractivity contribution is 7.91. The van der Waals surface area contributed by atoms with Crippen LogP contribution in [0.15, 0.2) is 0 Å². The number of carbonyl (C=O) groups excluding carboxylic acids is 1. The highest BCUT2D eigenvalue weighted by Crippen LogP contribution is 2.12. The molecule has 7 nitrogen and oxygen atoms in total. The second-order valence-corrected chi connectivity index (χ2v) is 9.00. The first-order valence-electron chi connectivity index (χ1n) is 8.38. The van der Waals surface area contributed by atoms with Crippen molar-refractivity contribution in [3.8, 4) is 0 Å². The summed E-state index contributed by atoms with van der Waals surface area (Å²) in [7, 11) is -2.89. The molecule has 23 heavy (non-hydrogen) atoms. The summed E-state index contributed by atoms with van der Waals surface area (Å²) in [6.45, 7) is 9.46. The molecular weight excluding hydrogens is 318 g/mol. The molecule has 2 heterocycles. The Morgan fingerprint density at radius 1 is 1.13 bits per heavy atom. The van der Waals surface area contributed by atoms with Crippen molar-refractivity contribution < 1.29 is 17.9 Å². The number of ether oxygens (including phenoxy) is 1. The number of rotatable bonds is 6. The Hall–Kier alpha value is -0.700. The number of morpholine rings is 1. The van der Waals surface area contributed by atoms with Gasteiger partial charge in [-0.25, -0.2) is 8.42 Å². The van der Waals surface area contributed by atoms with E-state index >= 15 is 0 Å². The van der Waals surface area contributed by atoms with Gasteiger partial charge in [-0.3, -0.25) is 14.6 Å². The van der Waals surface area contributed by atoms with Crippen molar-refractivity contribution in [1.82, 2.24) is 15.1 Å². The Kier molecular flexibility index (Phi) is 6.82. The maximum Gasteiger partial charge on any atom is 0.234 e. The Labute approximate surface area is 139 Å². The van der Waals surface area contributed by atoms with Crippen LogP contribution in [0.3, 0.4) is 0 Å². The maximum absolute atomic E-state index is 12.1. The lowest BCUT2D eigenvalue weighted by atomic mass is 10.0. The van der Waals surface area contributed by atoms with Gasteiger partial charge in [0.25, 0.3) is 0 Å². The molecule has 1 atom stereocenters. The molecule has 0 aromatic heterocycles. The molecule has 2 aliphatic heterocycles. The van der Waals surface area contributed by atoms with Crippen LogP contribution in [0.1, 0.15) is 13.8 Å². The minimum absolute atomic E-state index is 0.0248. The normalized spacial score (nSPS) is 24.5. The Morgan fingerprint density at radius 3 is 2.30 bits per heavy atom. The molecule has 0 aliphatic carbocycles. The van der Waals surface area contributed by atoms with Gasteiger partial charge in [0, 0.05) is 38.8 Å². The molecule has 0 aromatic rings. The Bertz CT molecular complexity index is 475. The molecule has 2 aliphatic rings. The third-order valence-electron chi connectivity index (χ3n) is 4.60. The molecule has 2 fully saturated rings. The number of carbonyl (C=O) groups is 1. The van der Waals surface area contributed by atoms with E-state index in [9.17, 15) is 13.2 Å². The van der Waals surface area contributed by atoms with E-state index in [1.54, 1.807) is 0 Å². The zero-order chi connectivity index (χ0) is 16.9. The summed E-state index contributed by atoms with van der Waals surface area (Å²) in [6, 6.07) is 0.310. The summed E-state index contributed by atoms with van der Waals surface area (Å²) in [5.41, 5.74) is 0. The van der Waals surface area contributed by atoms with Gasteiger partial charge in [-0.2, -0.15) is 0 Å². The summed E-state index contributed by atoms with van der Waals surface area (Å²) >= 11 is 0. The summed E-state index contributed by atoms with van der Waals surface area (Å²) in [5, 5.41) is 3.02. The van der Waals surface area contributed by atoms with Gasteiger partial charge in [0.1, 0.15) is 0 Å². The Balaban J connectivity index is 1.75. The van der Waals surface area contributed by atoms with E-state index in [1.165, 1.54) is 0 Å². The van der Waals surface area contributed by atoms with E-state index in [1.807, 2.05) is 4.90 Å². The molecule has 0 aromatic carbocycles. The quantitative estimate of drug-likeness (QED) is 0.677. The van der Waals surface area contributed by atoms with E-state index in [4.69, 9.17) is 4.74 Å². The maximum atomic E-state index is 12.1. The van der Waals surface area contributed by atoms with Crippen molar-refractivity contribution in [3.63, 3.8) is 0 Å². The van der Waals surface area contributed by atoms with E-state index < -0.39 is 9.84 Å². The second kappa shape index (κ2) is 8.41. The lowest BCUT2D eigenvalue weighted by Crippen LogP contribution is -2.52. The number of hydrogen-bond acceptors (Lipinski definition) is 6. The van der Waals surface area contributed by atoms with Crippen molar-refractivity contribution in [2.45, 2.75) is 19.9 Å². The average molecular weight is 347 g/mol. The van der Waals surface area contributed by atoms with E-state index in [0.717, 1.165) is 26.3 Å². The average Bonchev–Trinajstić information content (AvgIpc) is 2.50. The number of sulfone groups is 1. The van der Waals surface area contributed by atoms with Gasteiger partial charge in [0.05, 0.1) is 31.3 Å². The predicted molar refractivity (Wildman–Crippen MR) is 89.1 cm³/mol. The minimum atomic E-state index is -2.89. The van der Waals surface area contributed by atoms with Crippen LogP contribution in [0.5, 0.6) is 0 Å². The van der Waals surface area contributed by atoms with Crippen molar-refractivity contribution in [2.75, 3.05) is 64.0 Å². The van der Waals surface area contributed by atoms with Crippen LogP contribution in [0.2, 0.25) is 0 Å². The van der Waals surface area contributed by atoms with Gasteiger partial charge in [-0.1, -0.05) is 13.8 Å². The molecule has 0 saturated carbocycles. The molecular formula is C15H29N3O4S. The minimum Gasteiger partial charge on any atom is -0.379 e. The zero-order valence-corrected chi connectivity index (χ0v) is 15.0. The Morgan fingerprint density at radius 2 is 1.74 bits per heavy atom. The molecule has 134 valence electrons. The molecule has 1 N–H and O–H groups in total. The van der Waals surface area contributed by atoms with Crippen LogP contribution in [0.4, 0.5) is 0 Å². The molecule has 2 saturated heterocycles. The summed E-state index contributed by atoms with van der Waals surface area (Å²) in [5.74, 6) is 0.738. The van der Waals surface area contributed by atoms with Crippen molar-refractivity contribution in [2.24, 2.45) is 5.92 Å². The fourth-order valence-corrected chi connectivity index (χ4v) is 4.36. The van der Waals surface area contributed by atoms with Crippen molar-refractivity contribution in [3.05, 3.63) is 0 Å². The smallest absolute Gasteiger partial charge is 0.234 e. The van der Waals surface area contributed by atoms with Gasteiger partial charge in [-0.05, 0) is 5.92 Å². The monoisotopic (exact) mass is 347 g/mol. The fraction of sp³-hybridized carbons (Fsp3) is 0.933. The first-order chi connectivity index (χ1) is 10.9. The van der Waals surface area contributed by atoms with Crippen molar-refractivity contribution in [1.29, 1.82) is 0 Å². The zero-order valence-electron chi connectivity index (χ0n) is 14.2. The molecule has 8 heteroatoms. The highest BCUT2D eigenvalue weighted by Gasteiger charge is 2.26. The third-order valence-corrected chi connectivity index (χ3v) is 6.21. The van der Waals surface area contributed by atoms with Crippen molar-refractivity contribution >= 4 is 15.7 Å². The van der Waals surface area contributed by atoms with Crippen LogP contribution in [-0.4, -0.2) is 94.2 Å². The van der Waals surface area contributed by atoms with Crippen LogP contribution in [0.25, 0.3) is 0 Å². The molecule has 0 unspecified atom stereocenters. The van der Waals surface area contributed by atoms with Crippen LogP contribution in [0, 0.1) is 5.92 Å². The van der Waals surface area contributed by atoms with Gasteiger partial charge < -0.3 is 10.1 Å². The summed E-state index contributed by atoms with van der Waals surface area (Å²) < 4.78 is 28.2. The second-order valence-electron chi connectivity index (χ2n) is 6.69. The topological polar surface area (TPSA) is 79.0 Å². The molecule has 0 bridgehead atoms. The summed E-state index contributed by atoms with van der Waals surface area (Å²) in [6.07, 6.45) is 0. The number of nitrogens with one attached hydrogen (secondary N) is 1. The van der Waals surface area contributed by atoms with E-state index in [2.05, 4.69) is 24.1 Å². The third kappa shape index (κ3) is 6.02. The lowest BCUT2D eigenvalue weighted by Gasteiger charge is -2.37. The molecule has 2 rings (SSSR count). The predicted octanol–water partition coefficient (Wildman–Crippen LogP) is -0.810. The number of nitrogens with zero attached hydrogens (tertiary/aromatic N) is 2. The molecule has 1 amide bonds. The standard InChI is InChI=1S/C15H29N3O4S/c1-13(2)14(18-3-7-22-8-4-18)11-16-15(19)12-17-5-9-23(20,21)10-6-17/h13-14H,3-12H2,1-2H3,(H,16,19)/t14-/m0/s1. The number of hydrogen-bond donors (Lipinski definition) is 1. The molecule has 0 radical (unpaired) electrons. The molecule has 0 spiro atoms. The fourth-order valence-electron chi connectivity index (χ4n) is 3.08. The van der Waals surface area contributed by atoms with Crippen LogP contribution in [-0.2, 0) is 19.4 Å². The van der Waals surface area contributed by atoms with E-state index in [-0.39, 0.29) is 24.0 Å². The van der Waals surface area contributed by atoms with Gasteiger partial charge in [0.15, 0.2) is 9.84 Å². The SMILES string of the molecule is CC(C)[C@H](CNC(=O)CN1CCS(=O)(=O)CC1)N1CCOCC1.